The first-order valence-corrected chi connectivity index (χ1v) is 7.52. The van der Waals surface area contributed by atoms with Crippen LogP contribution in [0.3, 0.4) is 0 Å². The van der Waals surface area contributed by atoms with Gasteiger partial charge in [0.05, 0.1) is 0 Å². The Hall–Kier alpha value is -1.95. The van der Waals surface area contributed by atoms with Gasteiger partial charge in [-0.1, -0.05) is 0 Å². The molecule has 0 bridgehead atoms. The fourth-order valence-electron chi connectivity index (χ4n) is 2.78. The Morgan fingerprint density at radius 3 is 2.76 bits per heavy atom. The largest absolute Gasteiger partial charge is 0.367 e. The van der Waals surface area contributed by atoms with Crippen molar-refractivity contribution in [3.8, 4) is 0 Å². The zero-order chi connectivity index (χ0) is 14.5. The van der Waals surface area contributed by atoms with Crippen molar-refractivity contribution >= 4 is 5.82 Å². The maximum Gasteiger partial charge on any atom is 0.129 e. The van der Waals surface area contributed by atoms with Crippen LogP contribution in [0.4, 0.5) is 5.82 Å². The standard InChI is InChI=1S/C15H22N6/c1-20-11-7-17-15(20)5-10-21-8-3-13(4-9-21)19-14-2-6-16-12-18-14/h2,6-7,11-13H,3-5,8-10H2,1H3,(H,16,18,19). The number of aromatic nitrogens is 4. The molecule has 6 nitrogen and oxygen atoms in total. The smallest absolute Gasteiger partial charge is 0.129 e. The second-order valence-corrected chi connectivity index (χ2v) is 5.56. The number of hydrogen-bond acceptors (Lipinski definition) is 5. The lowest BCUT2D eigenvalue weighted by Crippen LogP contribution is -2.40. The average molecular weight is 286 g/mol. The van der Waals surface area contributed by atoms with E-state index in [1.165, 1.54) is 0 Å². The lowest BCUT2D eigenvalue weighted by atomic mass is 10.0. The monoisotopic (exact) mass is 286 g/mol. The number of imidazole rings is 1. The molecule has 0 saturated carbocycles. The van der Waals surface area contributed by atoms with E-state index >= 15 is 0 Å². The van der Waals surface area contributed by atoms with Crippen molar-refractivity contribution in [1.82, 2.24) is 24.4 Å². The predicted molar refractivity (Wildman–Crippen MR) is 82.0 cm³/mol. The molecule has 0 atom stereocenters. The van der Waals surface area contributed by atoms with Gasteiger partial charge in [0.1, 0.15) is 18.0 Å². The van der Waals surface area contributed by atoms with E-state index in [1.807, 2.05) is 18.5 Å². The van der Waals surface area contributed by atoms with E-state index in [1.54, 1.807) is 12.5 Å². The summed E-state index contributed by atoms with van der Waals surface area (Å²) in [4.78, 5) is 15.1. The Kier molecular flexibility index (Phi) is 4.45. The minimum absolute atomic E-state index is 0.518. The molecule has 1 saturated heterocycles. The predicted octanol–water partition coefficient (Wildman–Crippen LogP) is 1.33. The lowest BCUT2D eigenvalue weighted by molar-refractivity contribution is 0.220. The highest BCUT2D eigenvalue weighted by atomic mass is 15.2. The summed E-state index contributed by atoms with van der Waals surface area (Å²) in [5.41, 5.74) is 0. The second kappa shape index (κ2) is 6.67. The van der Waals surface area contributed by atoms with Crippen LogP contribution in [0.2, 0.25) is 0 Å². The molecule has 0 amide bonds. The molecule has 3 rings (SSSR count). The van der Waals surface area contributed by atoms with Crippen LogP contribution in [0.15, 0.2) is 31.0 Å². The van der Waals surface area contributed by atoms with Crippen molar-refractivity contribution in [2.75, 3.05) is 25.0 Å². The van der Waals surface area contributed by atoms with E-state index in [0.29, 0.717) is 6.04 Å². The van der Waals surface area contributed by atoms with Gasteiger partial charge in [0.25, 0.3) is 0 Å². The molecular formula is C15H22N6. The first-order chi connectivity index (χ1) is 10.3. The van der Waals surface area contributed by atoms with Crippen molar-refractivity contribution in [3.05, 3.63) is 36.8 Å². The van der Waals surface area contributed by atoms with Crippen LogP contribution in [-0.4, -0.2) is 50.1 Å². The third-order valence-corrected chi connectivity index (χ3v) is 4.09. The zero-order valence-electron chi connectivity index (χ0n) is 12.4. The van der Waals surface area contributed by atoms with Gasteiger partial charge < -0.3 is 14.8 Å². The van der Waals surface area contributed by atoms with Crippen molar-refractivity contribution < 1.29 is 0 Å². The van der Waals surface area contributed by atoms with E-state index in [9.17, 15) is 0 Å². The third kappa shape index (κ3) is 3.78. The van der Waals surface area contributed by atoms with Crippen LogP contribution < -0.4 is 5.32 Å². The van der Waals surface area contributed by atoms with Gasteiger partial charge in [0, 0.05) is 57.7 Å². The summed E-state index contributed by atoms with van der Waals surface area (Å²) < 4.78 is 2.10. The van der Waals surface area contributed by atoms with Gasteiger partial charge in [0.2, 0.25) is 0 Å². The van der Waals surface area contributed by atoms with E-state index in [4.69, 9.17) is 0 Å². The van der Waals surface area contributed by atoms with Gasteiger partial charge in [0.15, 0.2) is 0 Å². The maximum absolute atomic E-state index is 4.38. The molecule has 112 valence electrons. The van der Waals surface area contributed by atoms with E-state index in [2.05, 4.69) is 36.8 Å². The van der Waals surface area contributed by atoms with Gasteiger partial charge in [-0.25, -0.2) is 15.0 Å². The molecule has 3 heterocycles. The van der Waals surface area contributed by atoms with E-state index < -0.39 is 0 Å². The molecule has 2 aromatic rings. The number of anilines is 1. The Balaban J connectivity index is 1.42. The highest BCUT2D eigenvalue weighted by Crippen LogP contribution is 2.15. The van der Waals surface area contributed by atoms with Gasteiger partial charge in [-0.15, -0.1) is 0 Å². The summed E-state index contributed by atoms with van der Waals surface area (Å²) in [5.74, 6) is 2.09. The minimum Gasteiger partial charge on any atom is -0.367 e. The minimum atomic E-state index is 0.518. The Bertz CT molecular complexity index is 544. The summed E-state index contributed by atoms with van der Waals surface area (Å²) in [6.07, 6.45) is 10.6. The van der Waals surface area contributed by atoms with Crippen molar-refractivity contribution in [3.63, 3.8) is 0 Å². The summed E-state index contributed by atoms with van der Waals surface area (Å²) in [7, 11) is 2.06. The molecule has 0 aromatic carbocycles. The Morgan fingerprint density at radius 1 is 1.24 bits per heavy atom. The van der Waals surface area contributed by atoms with Crippen molar-refractivity contribution in [2.24, 2.45) is 7.05 Å². The van der Waals surface area contributed by atoms with Crippen LogP contribution >= 0.6 is 0 Å². The van der Waals surface area contributed by atoms with Gasteiger partial charge in [-0.3, -0.25) is 0 Å². The normalized spacial score (nSPS) is 17.0. The lowest BCUT2D eigenvalue weighted by Gasteiger charge is -2.32. The highest BCUT2D eigenvalue weighted by Gasteiger charge is 2.19. The van der Waals surface area contributed by atoms with Gasteiger partial charge in [-0.05, 0) is 18.9 Å². The molecule has 1 N–H and O–H groups in total. The number of rotatable bonds is 5. The van der Waals surface area contributed by atoms with Crippen LogP contribution in [-0.2, 0) is 13.5 Å². The summed E-state index contributed by atoms with van der Waals surface area (Å²) in [6, 6.07) is 2.44. The zero-order valence-corrected chi connectivity index (χ0v) is 12.4. The molecule has 1 fully saturated rings. The maximum atomic E-state index is 4.38. The number of piperidine rings is 1. The van der Waals surface area contributed by atoms with Crippen molar-refractivity contribution in [1.29, 1.82) is 0 Å². The molecular weight excluding hydrogens is 264 g/mol. The SMILES string of the molecule is Cn1ccnc1CCN1CCC(Nc2ccncn2)CC1. The second-order valence-electron chi connectivity index (χ2n) is 5.56. The third-order valence-electron chi connectivity index (χ3n) is 4.09. The highest BCUT2D eigenvalue weighted by molar-refractivity contribution is 5.33. The van der Waals surface area contributed by atoms with Crippen LogP contribution in [0.5, 0.6) is 0 Å². The van der Waals surface area contributed by atoms with Gasteiger partial charge in [-0.2, -0.15) is 0 Å². The number of nitrogens with zero attached hydrogens (tertiary/aromatic N) is 5. The first kappa shape index (κ1) is 14.0. The average Bonchev–Trinajstić information content (AvgIpc) is 2.93. The Labute approximate surface area is 125 Å². The van der Waals surface area contributed by atoms with E-state index in [0.717, 1.165) is 50.5 Å². The van der Waals surface area contributed by atoms with E-state index in [-0.39, 0.29) is 0 Å². The fourth-order valence-corrected chi connectivity index (χ4v) is 2.78. The molecule has 0 aliphatic carbocycles. The quantitative estimate of drug-likeness (QED) is 0.898. The number of hydrogen-bond donors (Lipinski definition) is 1. The van der Waals surface area contributed by atoms with Crippen LogP contribution in [0, 0.1) is 0 Å². The van der Waals surface area contributed by atoms with Gasteiger partial charge >= 0.3 is 0 Å². The molecule has 6 heteroatoms. The number of likely N-dealkylation sites (tertiary alicyclic amines) is 1. The Morgan fingerprint density at radius 2 is 2.10 bits per heavy atom. The molecule has 21 heavy (non-hydrogen) atoms. The summed E-state index contributed by atoms with van der Waals surface area (Å²) in [5, 5.41) is 3.49. The number of nitrogens with one attached hydrogen (secondary N) is 1. The molecule has 0 unspecified atom stereocenters. The van der Waals surface area contributed by atoms with Crippen LogP contribution in [0.1, 0.15) is 18.7 Å². The first-order valence-electron chi connectivity index (χ1n) is 7.52. The molecule has 2 aromatic heterocycles. The topological polar surface area (TPSA) is 58.9 Å². The molecule has 0 spiro atoms. The number of aryl methyl sites for hydroxylation is 1. The summed E-state index contributed by atoms with van der Waals surface area (Å²) in [6.45, 7) is 3.35. The fraction of sp³-hybridized carbons (Fsp3) is 0.533. The molecule has 0 radical (unpaired) electrons. The van der Waals surface area contributed by atoms with Crippen LogP contribution in [0.25, 0.3) is 0 Å². The molecule has 1 aliphatic heterocycles. The summed E-state index contributed by atoms with van der Waals surface area (Å²) >= 11 is 0. The molecule has 1 aliphatic rings. The van der Waals surface area contributed by atoms with Crippen molar-refractivity contribution in [2.45, 2.75) is 25.3 Å².